The van der Waals surface area contributed by atoms with Crippen molar-refractivity contribution in [3.8, 4) is 11.3 Å². The Morgan fingerprint density at radius 1 is 1.04 bits per heavy atom. The molecule has 6 heteroatoms. The first-order valence-electron chi connectivity index (χ1n) is 7.13. The molecule has 0 atom stereocenters. The van der Waals surface area contributed by atoms with E-state index >= 15 is 0 Å². The van der Waals surface area contributed by atoms with E-state index in [4.69, 9.17) is 5.84 Å². The number of anilines is 1. The van der Waals surface area contributed by atoms with Crippen LogP contribution in [0.15, 0.2) is 42.5 Å². The van der Waals surface area contributed by atoms with Gasteiger partial charge in [0.05, 0.1) is 5.69 Å². The van der Waals surface area contributed by atoms with Crippen LogP contribution in [0.1, 0.15) is 25.5 Å². The predicted octanol–water partition coefficient (Wildman–Crippen LogP) is 4.27. The fraction of sp³-hybridized carbons (Fsp3) is 0.176. The van der Waals surface area contributed by atoms with Crippen molar-refractivity contribution < 1.29 is 4.39 Å². The Hall–Kier alpha value is -2.24. The van der Waals surface area contributed by atoms with Crippen LogP contribution >= 0.6 is 12.4 Å². The summed E-state index contributed by atoms with van der Waals surface area (Å²) >= 11 is 0. The molecule has 0 fully saturated rings. The van der Waals surface area contributed by atoms with Gasteiger partial charge in [0.25, 0.3) is 0 Å². The van der Waals surface area contributed by atoms with E-state index in [0.29, 0.717) is 11.3 Å². The molecule has 3 N–H and O–H groups in total. The van der Waals surface area contributed by atoms with Crippen LogP contribution in [0.25, 0.3) is 22.0 Å². The standard InChI is InChI=1S/C17H17FN4.ClH/c1-10(2)15-9-16(21-17(20-15)22-19)13-7-8-14(18)12-6-4-3-5-11(12)13;/h3-10H,19H2,1-2H3,(H,20,21,22);1H. The van der Waals surface area contributed by atoms with Crippen LogP contribution in [0.4, 0.5) is 10.3 Å². The highest BCUT2D eigenvalue weighted by atomic mass is 35.5. The second-order valence-electron chi connectivity index (χ2n) is 5.44. The van der Waals surface area contributed by atoms with E-state index in [1.807, 2.05) is 24.3 Å². The molecule has 3 rings (SSSR count). The molecule has 2 aromatic carbocycles. The summed E-state index contributed by atoms with van der Waals surface area (Å²) < 4.78 is 14.0. The molecule has 4 nitrogen and oxygen atoms in total. The molecule has 0 spiro atoms. The number of rotatable bonds is 3. The number of nitrogens with two attached hydrogens (primary N) is 1. The summed E-state index contributed by atoms with van der Waals surface area (Å²) in [5.74, 6) is 5.82. The molecule has 0 radical (unpaired) electrons. The molecule has 1 aromatic heterocycles. The lowest BCUT2D eigenvalue weighted by molar-refractivity contribution is 0.640. The van der Waals surface area contributed by atoms with E-state index in [0.717, 1.165) is 22.3 Å². The van der Waals surface area contributed by atoms with Crippen LogP contribution in [-0.2, 0) is 0 Å². The van der Waals surface area contributed by atoms with Gasteiger partial charge in [-0.15, -0.1) is 12.4 Å². The van der Waals surface area contributed by atoms with E-state index in [2.05, 4.69) is 29.2 Å². The van der Waals surface area contributed by atoms with Crippen LogP contribution in [-0.4, -0.2) is 9.97 Å². The SMILES string of the molecule is CC(C)c1cc(-c2ccc(F)c3ccccc23)nc(NN)n1.Cl. The van der Waals surface area contributed by atoms with E-state index in [-0.39, 0.29) is 24.1 Å². The minimum absolute atomic E-state index is 0. The number of hydrazine groups is 1. The van der Waals surface area contributed by atoms with Gasteiger partial charge in [0, 0.05) is 16.6 Å². The molecule has 3 aromatic rings. The number of nitrogens with one attached hydrogen (secondary N) is 1. The quantitative estimate of drug-likeness (QED) is 0.555. The smallest absolute Gasteiger partial charge is 0.237 e. The summed E-state index contributed by atoms with van der Waals surface area (Å²) in [6.45, 7) is 4.10. The van der Waals surface area contributed by atoms with Crippen LogP contribution in [0.5, 0.6) is 0 Å². The molecular weight excluding hydrogens is 315 g/mol. The van der Waals surface area contributed by atoms with Gasteiger partial charge in [0.2, 0.25) is 5.95 Å². The van der Waals surface area contributed by atoms with Gasteiger partial charge >= 0.3 is 0 Å². The van der Waals surface area contributed by atoms with Crippen molar-refractivity contribution in [1.82, 2.24) is 9.97 Å². The number of hydrogen-bond acceptors (Lipinski definition) is 4. The van der Waals surface area contributed by atoms with Gasteiger partial charge in [-0.3, -0.25) is 5.43 Å². The van der Waals surface area contributed by atoms with Crippen LogP contribution in [0, 0.1) is 5.82 Å². The van der Waals surface area contributed by atoms with Gasteiger partial charge in [-0.05, 0) is 29.5 Å². The summed E-state index contributed by atoms with van der Waals surface area (Å²) in [6.07, 6.45) is 0. The van der Waals surface area contributed by atoms with E-state index in [9.17, 15) is 4.39 Å². The molecule has 1 heterocycles. The number of nitrogen functional groups attached to an aromatic ring is 1. The topological polar surface area (TPSA) is 63.8 Å². The molecular formula is C17H18ClFN4. The average molecular weight is 333 g/mol. The summed E-state index contributed by atoms with van der Waals surface area (Å²) in [4.78, 5) is 8.77. The monoisotopic (exact) mass is 332 g/mol. The highest BCUT2D eigenvalue weighted by Gasteiger charge is 2.12. The number of aromatic nitrogens is 2. The third kappa shape index (κ3) is 3.25. The zero-order valence-electron chi connectivity index (χ0n) is 12.9. The average Bonchev–Trinajstić information content (AvgIpc) is 2.55. The Morgan fingerprint density at radius 3 is 2.39 bits per heavy atom. The normalized spacial score (nSPS) is 10.7. The second kappa shape index (κ2) is 6.89. The number of fused-ring (bicyclic) bond motifs is 1. The molecule has 0 unspecified atom stereocenters. The summed E-state index contributed by atoms with van der Waals surface area (Å²) in [6, 6.07) is 12.5. The second-order valence-corrected chi connectivity index (χ2v) is 5.44. The van der Waals surface area contributed by atoms with Crippen molar-refractivity contribution in [2.75, 3.05) is 5.43 Å². The molecule has 120 valence electrons. The zero-order chi connectivity index (χ0) is 15.7. The van der Waals surface area contributed by atoms with Crippen LogP contribution < -0.4 is 11.3 Å². The van der Waals surface area contributed by atoms with Gasteiger partial charge < -0.3 is 0 Å². The molecule has 0 saturated heterocycles. The fourth-order valence-electron chi connectivity index (χ4n) is 2.45. The first-order valence-corrected chi connectivity index (χ1v) is 7.13. The summed E-state index contributed by atoms with van der Waals surface area (Å²) in [5.41, 5.74) is 4.96. The minimum atomic E-state index is -0.241. The van der Waals surface area contributed by atoms with Crippen molar-refractivity contribution in [2.24, 2.45) is 5.84 Å². The minimum Gasteiger partial charge on any atom is -0.292 e. The van der Waals surface area contributed by atoms with E-state index < -0.39 is 0 Å². The van der Waals surface area contributed by atoms with Gasteiger partial charge in [0.15, 0.2) is 0 Å². The maximum Gasteiger partial charge on any atom is 0.237 e. The number of benzene rings is 2. The molecule has 0 saturated carbocycles. The van der Waals surface area contributed by atoms with E-state index in [1.165, 1.54) is 6.07 Å². The lowest BCUT2D eigenvalue weighted by atomic mass is 10.00. The number of nitrogens with zero attached hydrogens (tertiary/aromatic N) is 2. The third-order valence-corrected chi connectivity index (χ3v) is 3.61. The molecule has 0 amide bonds. The van der Waals surface area contributed by atoms with Crippen molar-refractivity contribution in [3.63, 3.8) is 0 Å². The first-order chi connectivity index (χ1) is 10.6. The van der Waals surface area contributed by atoms with Crippen molar-refractivity contribution in [2.45, 2.75) is 19.8 Å². The van der Waals surface area contributed by atoms with E-state index in [1.54, 1.807) is 12.1 Å². The summed E-state index contributed by atoms with van der Waals surface area (Å²) in [5, 5.41) is 1.39. The van der Waals surface area contributed by atoms with Crippen molar-refractivity contribution >= 4 is 29.1 Å². The maximum atomic E-state index is 14.0. The number of halogens is 2. The molecule has 0 aliphatic carbocycles. The van der Waals surface area contributed by atoms with Gasteiger partial charge in [-0.2, -0.15) is 0 Å². The third-order valence-electron chi connectivity index (χ3n) is 3.61. The molecule has 23 heavy (non-hydrogen) atoms. The largest absolute Gasteiger partial charge is 0.292 e. The van der Waals surface area contributed by atoms with Gasteiger partial charge in [-0.25, -0.2) is 20.2 Å². The Bertz CT molecular complexity index is 836. The Kier molecular flexibility index (Phi) is 5.13. The van der Waals surface area contributed by atoms with Crippen LogP contribution in [0.3, 0.4) is 0 Å². The summed E-state index contributed by atoms with van der Waals surface area (Å²) in [7, 11) is 0. The van der Waals surface area contributed by atoms with Crippen LogP contribution in [0.2, 0.25) is 0 Å². The Morgan fingerprint density at radius 2 is 1.74 bits per heavy atom. The molecule has 0 aliphatic rings. The highest BCUT2D eigenvalue weighted by Crippen LogP contribution is 2.30. The fourth-order valence-corrected chi connectivity index (χ4v) is 2.45. The zero-order valence-corrected chi connectivity index (χ0v) is 13.7. The lowest BCUT2D eigenvalue weighted by Gasteiger charge is -2.12. The molecule has 0 bridgehead atoms. The molecule has 0 aliphatic heterocycles. The highest BCUT2D eigenvalue weighted by molar-refractivity contribution is 5.96. The maximum absolute atomic E-state index is 14.0. The first kappa shape index (κ1) is 17.1. The lowest BCUT2D eigenvalue weighted by Crippen LogP contribution is -2.12. The van der Waals surface area contributed by atoms with Crippen molar-refractivity contribution in [1.29, 1.82) is 0 Å². The Balaban J connectivity index is 0.00000192. The predicted molar refractivity (Wildman–Crippen MR) is 94.1 cm³/mol. The Labute approximate surface area is 140 Å². The number of hydrogen-bond donors (Lipinski definition) is 2. The van der Waals surface area contributed by atoms with Gasteiger partial charge in [-0.1, -0.05) is 38.1 Å². The van der Waals surface area contributed by atoms with Crippen molar-refractivity contribution in [3.05, 3.63) is 54.0 Å². The van der Waals surface area contributed by atoms with Gasteiger partial charge in [0.1, 0.15) is 5.82 Å².